The molecule has 4 radical (unpaired) electrons. The molecule has 3 N–H and O–H groups in total. The van der Waals surface area contributed by atoms with Crippen molar-refractivity contribution in [1.29, 1.82) is 0 Å². The summed E-state index contributed by atoms with van der Waals surface area (Å²) in [5, 5.41) is 24.5. The number of hydrogen-bond donors (Lipinski definition) is 3. The third kappa shape index (κ3) is 7.44. The van der Waals surface area contributed by atoms with Gasteiger partial charge >= 0.3 is 11.9 Å². The van der Waals surface area contributed by atoms with Crippen LogP contribution >= 0.6 is 0 Å². The molecule has 0 aliphatic rings. The second-order valence-electron chi connectivity index (χ2n) is 2.67. The van der Waals surface area contributed by atoms with Crippen molar-refractivity contribution in [3.63, 3.8) is 0 Å². The van der Waals surface area contributed by atoms with Crippen molar-refractivity contribution in [3.05, 3.63) is 35.4 Å². The normalized spacial score (nSPS) is 8.06. The molecule has 0 fully saturated rings. The van der Waals surface area contributed by atoms with E-state index in [0.717, 1.165) is 6.92 Å². The molecule has 0 unspecified atom stereocenters. The number of carboxylic acid groups (broad SMARTS) is 3. The molecule has 6 nitrogen and oxygen atoms in total. The van der Waals surface area contributed by atoms with Crippen molar-refractivity contribution in [2.24, 2.45) is 0 Å². The van der Waals surface area contributed by atoms with Gasteiger partial charge < -0.3 is 15.3 Å². The molecule has 0 heterocycles. The van der Waals surface area contributed by atoms with Crippen LogP contribution < -0.4 is 0 Å². The van der Waals surface area contributed by atoms with Gasteiger partial charge in [0.25, 0.3) is 5.97 Å². The van der Waals surface area contributed by atoms with Crippen LogP contribution in [0.15, 0.2) is 24.3 Å². The van der Waals surface area contributed by atoms with Gasteiger partial charge in [-0.2, -0.15) is 0 Å². The minimum Gasteiger partial charge on any atom is -0.481 e. The number of aliphatic carboxylic acids is 1. The Bertz CT molecular complexity index is 378. The fourth-order valence-electron chi connectivity index (χ4n) is 0.856. The zero-order valence-corrected chi connectivity index (χ0v) is 12.8. The van der Waals surface area contributed by atoms with E-state index in [2.05, 4.69) is 0 Å². The first kappa shape index (κ1) is 17.9. The predicted octanol–water partition coefficient (Wildman–Crippen LogP) is 0.793. The molecule has 0 bridgehead atoms. The van der Waals surface area contributed by atoms with Gasteiger partial charge in [-0.3, -0.25) is 4.79 Å². The molecule has 0 aromatic heterocycles. The summed E-state index contributed by atoms with van der Waals surface area (Å²) in [5.74, 6) is -3.29. The van der Waals surface area contributed by atoms with E-state index in [0.29, 0.717) is 0 Å². The molecule has 1 aromatic rings. The Morgan fingerprint density at radius 3 is 1.29 bits per heavy atom. The summed E-state index contributed by atoms with van der Waals surface area (Å²) < 4.78 is 0. The number of aromatic carboxylic acids is 2. The summed E-state index contributed by atoms with van der Waals surface area (Å²) in [4.78, 5) is 29.9. The van der Waals surface area contributed by atoms with Crippen LogP contribution in [0, 0.1) is 0 Å². The second kappa shape index (κ2) is 8.68. The van der Waals surface area contributed by atoms with E-state index in [1.54, 1.807) is 0 Å². The van der Waals surface area contributed by atoms with Gasteiger partial charge in [0, 0.05) is 34.2 Å². The van der Waals surface area contributed by atoms with E-state index in [9.17, 15) is 9.59 Å². The maximum atomic E-state index is 10.5. The van der Waals surface area contributed by atoms with Gasteiger partial charge in [0.2, 0.25) is 0 Å². The largest absolute Gasteiger partial charge is 0.481 e. The number of benzene rings is 1. The van der Waals surface area contributed by atoms with E-state index in [1.165, 1.54) is 24.3 Å². The molecule has 0 amide bonds. The Balaban J connectivity index is 0. The molecule has 1 rings (SSSR count). The maximum Gasteiger partial charge on any atom is 0.336 e. The Morgan fingerprint density at radius 2 is 1.12 bits per heavy atom. The SMILES string of the molecule is CC(=O)O.O=C(O)c1ccccc1C(=O)O.[Pb]. The van der Waals surface area contributed by atoms with Crippen molar-refractivity contribution in [3.8, 4) is 0 Å². The van der Waals surface area contributed by atoms with Crippen molar-refractivity contribution in [2.75, 3.05) is 0 Å². The fraction of sp³-hybridized carbons (Fsp3) is 0.100. The van der Waals surface area contributed by atoms with E-state index in [1.807, 2.05) is 0 Å². The van der Waals surface area contributed by atoms with E-state index < -0.39 is 17.9 Å². The van der Waals surface area contributed by atoms with Crippen LogP contribution in [0.25, 0.3) is 0 Å². The maximum absolute atomic E-state index is 10.5. The third-order valence-corrected chi connectivity index (χ3v) is 1.39. The average Bonchev–Trinajstić information content (AvgIpc) is 2.16. The van der Waals surface area contributed by atoms with E-state index in [-0.39, 0.29) is 38.4 Å². The van der Waals surface area contributed by atoms with Crippen LogP contribution in [-0.2, 0) is 4.79 Å². The van der Waals surface area contributed by atoms with E-state index >= 15 is 0 Å². The molecule has 7 heteroatoms. The Labute approximate surface area is 117 Å². The molecule has 1 aromatic carbocycles. The molecule has 17 heavy (non-hydrogen) atoms. The first-order valence-corrected chi connectivity index (χ1v) is 4.11. The summed E-state index contributed by atoms with van der Waals surface area (Å²) in [5.41, 5.74) is -0.380. The average molecular weight is 433 g/mol. The Morgan fingerprint density at radius 1 is 0.882 bits per heavy atom. The van der Waals surface area contributed by atoms with Crippen LogP contribution in [0.3, 0.4) is 0 Å². The van der Waals surface area contributed by atoms with Gasteiger partial charge in [-0.05, 0) is 12.1 Å². The summed E-state index contributed by atoms with van der Waals surface area (Å²) in [6.45, 7) is 1.08. The Hall–Kier alpha value is -1.45. The second-order valence-corrected chi connectivity index (χ2v) is 2.67. The zero-order chi connectivity index (χ0) is 12.7. The summed E-state index contributed by atoms with van der Waals surface area (Å²) >= 11 is 0. The molecule has 0 saturated heterocycles. The fourth-order valence-corrected chi connectivity index (χ4v) is 0.856. The summed E-state index contributed by atoms with van der Waals surface area (Å²) in [7, 11) is 0. The predicted molar refractivity (Wildman–Crippen MR) is 59.4 cm³/mol. The van der Waals surface area contributed by atoms with Gasteiger partial charge in [-0.15, -0.1) is 0 Å². The molecule has 0 spiro atoms. The van der Waals surface area contributed by atoms with Crippen molar-refractivity contribution in [2.45, 2.75) is 6.92 Å². The molecule has 0 saturated carbocycles. The summed E-state index contributed by atoms with van der Waals surface area (Å²) in [6, 6.07) is 5.48. The van der Waals surface area contributed by atoms with Crippen molar-refractivity contribution in [1.82, 2.24) is 0 Å². The number of rotatable bonds is 2. The third-order valence-electron chi connectivity index (χ3n) is 1.39. The molecule has 0 aliphatic heterocycles. The summed E-state index contributed by atoms with van der Waals surface area (Å²) in [6.07, 6.45) is 0. The van der Waals surface area contributed by atoms with Crippen molar-refractivity contribution >= 4 is 45.2 Å². The molecule has 0 aliphatic carbocycles. The van der Waals surface area contributed by atoms with Gasteiger partial charge in [-0.25, -0.2) is 9.59 Å². The Kier molecular flexibility index (Phi) is 9.15. The van der Waals surface area contributed by atoms with Crippen LogP contribution in [0.2, 0.25) is 0 Å². The smallest absolute Gasteiger partial charge is 0.336 e. The minimum atomic E-state index is -1.23. The van der Waals surface area contributed by atoms with Crippen LogP contribution in [0.1, 0.15) is 27.6 Å². The van der Waals surface area contributed by atoms with Gasteiger partial charge in [0.15, 0.2) is 0 Å². The number of carboxylic acids is 3. The first-order valence-electron chi connectivity index (χ1n) is 4.11. The molecule has 90 valence electrons. The molecular weight excluding hydrogens is 423 g/mol. The number of hydrogen-bond acceptors (Lipinski definition) is 3. The number of carbonyl (C=O) groups is 3. The molecule has 0 atom stereocenters. The van der Waals surface area contributed by atoms with Gasteiger partial charge in [0.05, 0.1) is 11.1 Å². The molecular formula is C10H10O6Pb. The standard InChI is InChI=1S/C8H6O4.C2H4O2.Pb/c9-7(10)5-3-1-2-4-6(5)8(11)12;1-2(3)4;/h1-4H,(H,9,10)(H,11,12);1H3,(H,3,4);. The van der Waals surface area contributed by atoms with Crippen LogP contribution in [0.5, 0.6) is 0 Å². The minimum absolute atomic E-state index is 0. The zero-order valence-electron chi connectivity index (χ0n) is 8.88. The monoisotopic (exact) mass is 434 g/mol. The van der Waals surface area contributed by atoms with Gasteiger partial charge in [-0.1, -0.05) is 12.1 Å². The quantitative estimate of drug-likeness (QED) is 0.595. The van der Waals surface area contributed by atoms with Crippen LogP contribution in [-0.4, -0.2) is 60.5 Å². The van der Waals surface area contributed by atoms with Crippen molar-refractivity contribution < 1.29 is 29.7 Å². The van der Waals surface area contributed by atoms with E-state index in [4.69, 9.17) is 20.1 Å². The van der Waals surface area contributed by atoms with Gasteiger partial charge in [0.1, 0.15) is 0 Å². The van der Waals surface area contributed by atoms with Crippen LogP contribution in [0.4, 0.5) is 0 Å². The first-order chi connectivity index (χ1) is 7.36. The topological polar surface area (TPSA) is 112 Å².